The van der Waals surface area contributed by atoms with Gasteiger partial charge < -0.3 is 19.9 Å². The highest BCUT2D eigenvalue weighted by Gasteiger charge is 2.20. The van der Waals surface area contributed by atoms with Crippen LogP contribution in [0.15, 0.2) is 53.7 Å². The van der Waals surface area contributed by atoms with E-state index in [1.165, 1.54) is 5.56 Å². The predicted octanol–water partition coefficient (Wildman–Crippen LogP) is 2.56. The van der Waals surface area contributed by atoms with Crippen molar-refractivity contribution in [3.8, 4) is 5.75 Å². The summed E-state index contributed by atoms with van der Waals surface area (Å²) in [5.41, 5.74) is 1.25. The molecule has 1 N–H and O–H groups in total. The van der Waals surface area contributed by atoms with E-state index in [0.29, 0.717) is 6.61 Å². The van der Waals surface area contributed by atoms with Crippen LogP contribution in [0.3, 0.4) is 0 Å². The van der Waals surface area contributed by atoms with Crippen molar-refractivity contribution in [1.29, 1.82) is 0 Å². The van der Waals surface area contributed by atoms with Crippen molar-refractivity contribution in [3.63, 3.8) is 0 Å². The third kappa shape index (κ3) is 5.61. The third-order valence-electron chi connectivity index (χ3n) is 4.66. The van der Waals surface area contributed by atoms with Crippen LogP contribution in [0.4, 0.5) is 5.82 Å². The molecule has 2 aromatic rings. The van der Waals surface area contributed by atoms with Gasteiger partial charge in [0.1, 0.15) is 11.6 Å². The summed E-state index contributed by atoms with van der Waals surface area (Å²) < 4.78 is 5.78. The average molecular weight is 367 g/mol. The Labute approximate surface area is 161 Å². The molecule has 0 aliphatic carbocycles. The Kier molecular flexibility index (Phi) is 6.90. The van der Waals surface area contributed by atoms with Crippen LogP contribution in [0.1, 0.15) is 12.0 Å². The van der Waals surface area contributed by atoms with Gasteiger partial charge in [-0.25, -0.2) is 4.98 Å². The topological polar surface area (TPSA) is 53.0 Å². The van der Waals surface area contributed by atoms with E-state index < -0.39 is 0 Å². The van der Waals surface area contributed by atoms with Crippen molar-refractivity contribution >= 4 is 11.8 Å². The number of ether oxygens (including phenoxy) is 1. The first-order valence-corrected chi connectivity index (χ1v) is 9.57. The number of hydrogen-bond acceptors (Lipinski definition) is 4. The molecule has 0 spiro atoms. The number of aromatic nitrogens is 1. The fourth-order valence-corrected chi connectivity index (χ4v) is 3.12. The van der Waals surface area contributed by atoms with Crippen molar-refractivity contribution in [3.05, 3.63) is 54.2 Å². The molecule has 1 aliphatic rings. The maximum Gasteiger partial charge on any atom is 0.193 e. The Bertz CT molecular complexity index is 709. The number of rotatable bonds is 6. The van der Waals surface area contributed by atoms with Crippen molar-refractivity contribution < 1.29 is 4.74 Å². The second kappa shape index (κ2) is 9.80. The molecule has 1 saturated heterocycles. The fraction of sp³-hybridized carbons (Fsp3) is 0.429. The molecular weight excluding hydrogens is 338 g/mol. The van der Waals surface area contributed by atoms with Gasteiger partial charge in [0, 0.05) is 46.0 Å². The number of nitrogens with zero attached hydrogens (tertiary/aromatic N) is 4. The van der Waals surface area contributed by atoms with E-state index >= 15 is 0 Å². The minimum Gasteiger partial charge on any atom is -0.494 e. The summed E-state index contributed by atoms with van der Waals surface area (Å²) in [4.78, 5) is 13.5. The highest BCUT2D eigenvalue weighted by molar-refractivity contribution is 5.80. The van der Waals surface area contributed by atoms with Gasteiger partial charge in [0.2, 0.25) is 0 Å². The molecule has 6 nitrogen and oxygen atoms in total. The average Bonchev–Trinajstić information content (AvgIpc) is 2.73. The molecule has 0 amide bonds. The molecule has 0 saturated carbocycles. The van der Waals surface area contributed by atoms with Crippen LogP contribution in [0.2, 0.25) is 0 Å². The summed E-state index contributed by atoms with van der Waals surface area (Å²) in [7, 11) is 1.84. The minimum atomic E-state index is 0.695. The van der Waals surface area contributed by atoms with Crippen LogP contribution in [0.25, 0.3) is 0 Å². The Hall–Kier alpha value is -2.76. The summed E-state index contributed by atoms with van der Waals surface area (Å²) in [5, 5.41) is 3.45. The Morgan fingerprint density at radius 3 is 2.56 bits per heavy atom. The first-order valence-electron chi connectivity index (χ1n) is 9.57. The molecular formula is C21H29N5O. The lowest BCUT2D eigenvalue weighted by Crippen LogP contribution is -2.52. The molecule has 0 atom stereocenters. The molecule has 1 aromatic heterocycles. The quantitative estimate of drug-likeness (QED) is 0.483. The zero-order valence-corrected chi connectivity index (χ0v) is 16.3. The number of benzene rings is 1. The second-order valence-corrected chi connectivity index (χ2v) is 6.65. The lowest BCUT2D eigenvalue weighted by molar-refractivity contribution is 0.309. The van der Waals surface area contributed by atoms with Gasteiger partial charge in [0.05, 0.1) is 6.61 Å². The first-order chi connectivity index (χ1) is 13.3. The molecule has 3 rings (SSSR count). The van der Waals surface area contributed by atoms with Crippen LogP contribution in [-0.4, -0.2) is 62.2 Å². The van der Waals surface area contributed by atoms with Gasteiger partial charge in [-0.05, 0) is 37.6 Å². The third-order valence-corrected chi connectivity index (χ3v) is 4.66. The van der Waals surface area contributed by atoms with E-state index in [0.717, 1.165) is 56.7 Å². The number of nitrogens with one attached hydrogen (secondary N) is 1. The largest absolute Gasteiger partial charge is 0.494 e. The first kappa shape index (κ1) is 19.0. The molecule has 1 aliphatic heterocycles. The number of piperazine rings is 1. The Balaban J connectivity index is 1.36. The molecule has 1 fully saturated rings. The van der Waals surface area contributed by atoms with Crippen LogP contribution in [-0.2, 0) is 0 Å². The lowest BCUT2D eigenvalue weighted by Gasteiger charge is -2.37. The van der Waals surface area contributed by atoms with E-state index in [1.54, 1.807) is 0 Å². The zero-order chi connectivity index (χ0) is 18.9. The van der Waals surface area contributed by atoms with Crippen LogP contribution >= 0.6 is 0 Å². The van der Waals surface area contributed by atoms with Gasteiger partial charge in [0.15, 0.2) is 5.96 Å². The smallest absolute Gasteiger partial charge is 0.193 e. The molecule has 6 heteroatoms. The van der Waals surface area contributed by atoms with E-state index in [-0.39, 0.29) is 0 Å². The lowest BCUT2D eigenvalue weighted by atomic mass is 10.2. The van der Waals surface area contributed by atoms with Gasteiger partial charge in [-0.15, -0.1) is 0 Å². The maximum atomic E-state index is 5.78. The molecule has 144 valence electrons. The number of aryl methyl sites for hydroxylation is 1. The second-order valence-electron chi connectivity index (χ2n) is 6.65. The van der Waals surface area contributed by atoms with Crippen molar-refractivity contribution in [2.75, 3.05) is 51.3 Å². The molecule has 0 unspecified atom stereocenters. The van der Waals surface area contributed by atoms with Crippen molar-refractivity contribution in [2.45, 2.75) is 13.3 Å². The summed E-state index contributed by atoms with van der Waals surface area (Å²) in [6.07, 6.45) is 2.78. The van der Waals surface area contributed by atoms with E-state index in [4.69, 9.17) is 4.74 Å². The van der Waals surface area contributed by atoms with E-state index in [1.807, 2.05) is 37.5 Å². The van der Waals surface area contributed by atoms with Crippen molar-refractivity contribution in [1.82, 2.24) is 15.2 Å². The number of pyridine rings is 1. The summed E-state index contributed by atoms with van der Waals surface area (Å²) in [6, 6.07) is 14.2. The van der Waals surface area contributed by atoms with Crippen molar-refractivity contribution in [2.24, 2.45) is 4.99 Å². The number of anilines is 1. The van der Waals surface area contributed by atoms with Gasteiger partial charge in [-0.2, -0.15) is 0 Å². The maximum absolute atomic E-state index is 5.78. The van der Waals surface area contributed by atoms with E-state index in [2.05, 4.69) is 50.2 Å². The van der Waals surface area contributed by atoms with Gasteiger partial charge in [-0.3, -0.25) is 4.99 Å². The number of guanidine groups is 1. The summed E-state index contributed by atoms with van der Waals surface area (Å²) in [5.74, 6) is 2.94. The molecule has 0 bridgehead atoms. The monoisotopic (exact) mass is 367 g/mol. The van der Waals surface area contributed by atoms with E-state index in [9.17, 15) is 0 Å². The summed E-state index contributed by atoms with van der Waals surface area (Å²) in [6.45, 7) is 7.41. The summed E-state index contributed by atoms with van der Waals surface area (Å²) >= 11 is 0. The normalized spacial score (nSPS) is 15.0. The molecule has 27 heavy (non-hydrogen) atoms. The number of hydrogen-bond donors (Lipinski definition) is 1. The van der Waals surface area contributed by atoms with Gasteiger partial charge in [-0.1, -0.05) is 23.8 Å². The fourth-order valence-electron chi connectivity index (χ4n) is 3.12. The SMILES string of the molecule is CN=C(NCCCOc1ccc(C)cc1)N1CCN(c2ccccn2)CC1. The van der Waals surface area contributed by atoms with Crippen LogP contribution in [0, 0.1) is 6.92 Å². The Morgan fingerprint density at radius 2 is 1.89 bits per heavy atom. The number of aliphatic imine (C=N–C) groups is 1. The zero-order valence-electron chi connectivity index (χ0n) is 16.3. The highest BCUT2D eigenvalue weighted by atomic mass is 16.5. The van der Waals surface area contributed by atoms with Crippen LogP contribution in [0.5, 0.6) is 5.75 Å². The Morgan fingerprint density at radius 1 is 1.11 bits per heavy atom. The van der Waals surface area contributed by atoms with Gasteiger partial charge >= 0.3 is 0 Å². The predicted molar refractivity (Wildman–Crippen MR) is 111 cm³/mol. The molecule has 2 heterocycles. The molecule has 0 radical (unpaired) electrons. The standard InChI is InChI=1S/C21H29N5O/c1-18-7-9-19(10-8-18)27-17-5-12-24-21(22-2)26-15-13-25(14-16-26)20-6-3-4-11-23-20/h3-4,6-11H,5,12-17H2,1-2H3,(H,22,24). The molecule has 1 aromatic carbocycles. The minimum absolute atomic E-state index is 0.695. The van der Waals surface area contributed by atoms with Crippen LogP contribution < -0.4 is 15.0 Å². The van der Waals surface area contributed by atoms with Gasteiger partial charge in [0.25, 0.3) is 0 Å². The highest BCUT2D eigenvalue weighted by Crippen LogP contribution is 2.13.